The van der Waals surface area contributed by atoms with Crippen LogP contribution in [0.3, 0.4) is 0 Å². The second kappa shape index (κ2) is 30.1. The van der Waals surface area contributed by atoms with Crippen LogP contribution in [0.1, 0.15) is 42.9 Å². The number of hydrogen-bond donors (Lipinski definition) is 3. The van der Waals surface area contributed by atoms with Gasteiger partial charge in [0, 0.05) is 78.8 Å². The molecule has 5 rings (SSSR count). The van der Waals surface area contributed by atoms with E-state index >= 15 is 0 Å². The zero-order valence-electron chi connectivity index (χ0n) is 38.7. The number of carboxylic acid groups (broad SMARTS) is 2. The molecule has 2 fully saturated rings. The fourth-order valence-electron chi connectivity index (χ4n) is 6.86. The Balaban J connectivity index is 0.000000356. The summed E-state index contributed by atoms with van der Waals surface area (Å²) in [6, 6.07) is 16.5. The van der Waals surface area contributed by atoms with Crippen molar-refractivity contribution < 1.29 is 87.5 Å². The lowest BCUT2D eigenvalue weighted by molar-refractivity contribution is -0.479. The average Bonchev–Trinajstić information content (AvgIpc) is 3.49. The molecule has 2 aromatic rings. The quantitative estimate of drug-likeness (QED) is 0.0400. The molecule has 0 aliphatic carbocycles. The molecule has 6 unspecified atom stereocenters. The smallest absolute Gasteiger partial charge is 0.328 e. The minimum atomic E-state index is -2.22. The van der Waals surface area contributed by atoms with Gasteiger partial charge in [-0.1, -0.05) is 30.0 Å². The molecular weight excluding hydrogens is 1000 g/mol. The van der Waals surface area contributed by atoms with Crippen LogP contribution in [0.2, 0.25) is 0 Å². The van der Waals surface area contributed by atoms with Crippen LogP contribution in [0, 0.1) is 40.5 Å². The number of carboxylic acids is 2. The van der Waals surface area contributed by atoms with Crippen LogP contribution in [0.4, 0.5) is 0 Å². The molecular formula is C42H52N6O22S2. The van der Waals surface area contributed by atoms with Crippen molar-refractivity contribution in [3.8, 4) is 0 Å². The molecule has 0 radical (unpaired) electrons. The predicted octanol–water partition coefficient (Wildman–Crippen LogP) is 1.77. The van der Waals surface area contributed by atoms with Crippen molar-refractivity contribution in [1.29, 1.82) is 0 Å². The SMILES string of the molecule is CSc1ccc2c(c1)C(N1CCN(C)CC1)Cc1ccccc1S2.O=C(CC[N+](=O)[O-])OCC1OC(O)C(OC(=O)CC[N+](=O)[O-])C(OC(=O)CC[N+](=O)[O-])C1OC(=O)CC[N+](=O)[O-].O=C(O)C=CC(=O)O. The Morgan fingerprint density at radius 3 is 1.69 bits per heavy atom. The maximum atomic E-state index is 12.3. The van der Waals surface area contributed by atoms with Gasteiger partial charge < -0.3 is 43.9 Å². The Kier molecular flexibility index (Phi) is 24.9. The number of fused-ring (bicyclic) bond motifs is 2. The summed E-state index contributed by atoms with van der Waals surface area (Å²) in [5.41, 5.74) is 3.01. The summed E-state index contributed by atoms with van der Waals surface area (Å²) in [5, 5.41) is 68.3. The first-order valence-corrected chi connectivity index (χ1v) is 23.7. The molecule has 0 spiro atoms. The molecule has 394 valence electrons. The molecule has 3 aliphatic rings. The number of ether oxygens (including phenoxy) is 5. The maximum absolute atomic E-state index is 12.3. The van der Waals surface area contributed by atoms with Gasteiger partial charge in [0.2, 0.25) is 26.2 Å². The molecule has 0 bridgehead atoms. The number of aliphatic hydroxyl groups is 1. The highest BCUT2D eigenvalue weighted by molar-refractivity contribution is 7.99. The number of nitro groups is 4. The third-order valence-corrected chi connectivity index (χ3v) is 12.3. The van der Waals surface area contributed by atoms with E-state index in [9.17, 15) is 74.3 Å². The largest absolute Gasteiger partial charge is 0.478 e. The first kappa shape index (κ1) is 59.4. The van der Waals surface area contributed by atoms with Crippen LogP contribution in [0.5, 0.6) is 0 Å². The molecule has 6 atom stereocenters. The van der Waals surface area contributed by atoms with Gasteiger partial charge in [-0.15, -0.1) is 11.8 Å². The van der Waals surface area contributed by atoms with Gasteiger partial charge in [-0.2, -0.15) is 0 Å². The summed E-state index contributed by atoms with van der Waals surface area (Å²) in [4.78, 5) is 116. The number of piperazine rings is 1. The topological polar surface area (TPSA) is 388 Å². The van der Waals surface area contributed by atoms with Gasteiger partial charge in [0.25, 0.3) is 0 Å². The third-order valence-electron chi connectivity index (χ3n) is 10.3. The summed E-state index contributed by atoms with van der Waals surface area (Å²) in [5.74, 6) is -7.58. The van der Waals surface area contributed by atoms with Gasteiger partial charge in [0.15, 0.2) is 24.6 Å². The lowest BCUT2D eigenvalue weighted by Crippen LogP contribution is -2.62. The number of likely N-dealkylation sites (N-methyl/N-ethyl adjacent to an activating group) is 1. The van der Waals surface area contributed by atoms with E-state index in [-0.39, 0.29) is 0 Å². The van der Waals surface area contributed by atoms with Crippen molar-refractivity contribution in [1.82, 2.24) is 9.80 Å². The van der Waals surface area contributed by atoms with Crippen LogP contribution in [0.15, 0.2) is 69.3 Å². The van der Waals surface area contributed by atoms with Gasteiger partial charge in [0.1, 0.15) is 38.4 Å². The van der Waals surface area contributed by atoms with Gasteiger partial charge in [0.05, 0.1) is 0 Å². The van der Waals surface area contributed by atoms with Crippen molar-refractivity contribution in [3.63, 3.8) is 0 Å². The van der Waals surface area contributed by atoms with Gasteiger partial charge >= 0.3 is 35.8 Å². The highest BCUT2D eigenvalue weighted by Crippen LogP contribution is 2.44. The second-order valence-electron chi connectivity index (χ2n) is 15.5. The zero-order chi connectivity index (χ0) is 53.5. The Morgan fingerprint density at radius 2 is 1.19 bits per heavy atom. The highest BCUT2D eigenvalue weighted by Gasteiger charge is 2.52. The van der Waals surface area contributed by atoms with Crippen LogP contribution in [-0.2, 0) is 58.9 Å². The number of rotatable bonds is 21. The maximum Gasteiger partial charge on any atom is 0.328 e. The molecule has 30 heteroatoms. The fourth-order valence-corrected chi connectivity index (χ4v) is 8.42. The molecule has 0 amide bonds. The van der Waals surface area contributed by atoms with E-state index in [4.69, 9.17) is 33.9 Å². The third kappa shape index (κ3) is 21.2. The van der Waals surface area contributed by atoms with E-state index in [1.165, 1.54) is 38.9 Å². The normalized spacial score (nSPS) is 20.5. The molecule has 3 heterocycles. The molecule has 0 aromatic heterocycles. The monoisotopic (exact) mass is 1060 g/mol. The molecule has 28 nitrogen and oxygen atoms in total. The number of nitrogens with zero attached hydrogens (tertiary/aromatic N) is 6. The minimum absolute atomic E-state index is 0.497. The molecule has 3 aliphatic heterocycles. The van der Waals surface area contributed by atoms with Crippen molar-refractivity contribution in [2.45, 2.75) is 83.5 Å². The summed E-state index contributed by atoms with van der Waals surface area (Å²) >= 11 is 3.79. The first-order chi connectivity index (χ1) is 34.1. The van der Waals surface area contributed by atoms with Crippen molar-refractivity contribution in [2.24, 2.45) is 0 Å². The number of carbonyl (C=O) groups is 6. The average molecular weight is 1060 g/mol. The number of aliphatic carboxylic acids is 2. The van der Waals surface area contributed by atoms with E-state index in [0.29, 0.717) is 18.2 Å². The van der Waals surface area contributed by atoms with E-state index < -0.39 is 145 Å². The summed E-state index contributed by atoms with van der Waals surface area (Å²) in [7, 11) is 2.23. The van der Waals surface area contributed by atoms with E-state index in [1.807, 2.05) is 23.5 Å². The fraction of sp³-hybridized carbons (Fsp3) is 0.524. The summed E-state index contributed by atoms with van der Waals surface area (Å²) in [6.07, 6.45) is -8.76. The van der Waals surface area contributed by atoms with Gasteiger partial charge in [-0.05, 0) is 55.1 Å². The number of carbonyl (C=O) groups excluding carboxylic acids is 4. The standard InChI is InChI=1S/C20H24N2S2.C18H24N4O18.C4H4O4/c1-21-9-11-22(12-10-21)18-13-15-5-3-4-6-19(15)24-20-8-7-16(23-2)14-17(18)20;23-11(1-5-19(28)29)36-9-10-15(38-12(24)2-6-20(30)31)16(39-13(25)3-7-21(32)33)17(18(27)37-10)40-14(26)4-8-22(34)35;5-3(6)1-2-4(7)8/h3-8,14,18H,9-13H2,1-2H3;10,15-18,27H,1-9H2;1-2H,(H,5,6)(H,7,8). The van der Waals surface area contributed by atoms with Gasteiger partial charge in [-0.25, -0.2) is 9.59 Å². The molecule has 3 N–H and O–H groups in total. The first-order valence-electron chi connectivity index (χ1n) is 21.6. The van der Waals surface area contributed by atoms with Crippen molar-refractivity contribution in [3.05, 3.63) is 106 Å². The molecule has 72 heavy (non-hydrogen) atoms. The number of benzene rings is 2. The van der Waals surface area contributed by atoms with E-state index in [0.717, 1.165) is 19.5 Å². The van der Waals surface area contributed by atoms with Crippen molar-refractivity contribution >= 4 is 59.3 Å². The zero-order valence-corrected chi connectivity index (χ0v) is 40.3. The Labute approximate surface area is 417 Å². The van der Waals surface area contributed by atoms with Crippen LogP contribution < -0.4 is 0 Å². The van der Waals surface area contributed by atoms with Crippen LogP contribution in [-0.4, -0.2) is 184 Å². The number of esters is 4. The molecule has 2 saturated heterocycles. The Morgan fingerprint density at radius 1 is 0.708 bits per heavy atom. The summed E-state index contributed by atoms with van der Waals surface area (Å²) < 4.78 is 25.1. The highest BCUT2D eigenvalue weighted by atomic mass is 32.2. The predicted molar refractivity (Wildman–Crippen MR) is 246 cm³/mol. The number of aliphatic hydroxyl groups excluding tert-OH is 1. The lowest BCUT2D eigenvalue weighted by atomic mass is 9.96. The Bertz CT molecular complexity index is 2280. The minimum Gasteiger partial charge on any atom is -0.478 e. The van der Waals surface area contributed by atoms with E-state index in [1.54, 1.807) is 0 Å². The lowest BCUT2D eigenvalue weighted by Gasteiger charge is -2.42. The van der Waals surface area contributed by atoms with Gasteiger partial charge in [-0.3, -0.25) is 64.5 Å². The Hall–Kier alpha value is -6.86. The summed E-state index contributed by atoms with van der Waals surface area (Å²) in [6.45, 7) is 0.207. The number of hydrogen-bond acceptors (Lipinski definition) is 24. The van der Waals surface area contributed by atoms with Crippen molar-refractivity contribution in [2.75, 3.05) is 72.3 Å². The molecule has 2 aromatic carbocycles. The van der Waals surface area contributed by atoms with Crippen LogP contribution in [0.25, 0.3) is 0 Å². The number of thioether (sulfide) groups is 1. The molecule has 0 saturated carbocycles. The van der Waals surface area contributed by atoms with Crippen LogP contribution >= 0.6 is 23.5 Å². The van der Waals surface area contributed by atoms with E-state index in [2.05, 4.69) is 65.6 Å². The second-order valence-corrected chi connectivity index (χ2v) is 17.5.